The first kappa shape index (κ1) is 10.7. The highest BCUT2D eigenvalue weighted by atomic mass is 32.1. The van der Waals surface area contributed by atoms with Crippen LogP contribution >= 0.6 is 11.3 Å². The molecule has 1 aromatic heterocycles. The summed E-state index contributed by atoms with van der Waals surface area (Å²) < 4.78 is 0. The zero-order chi connectivity index (χ0) is 10.1. The molecule has 0 aromatic carbocycles. The first-order valence-electron chi connectivity index (χ1n) is 4.53. The van der Waals surface area contributed by atoms with Crippen LogP contribution in [0, 0.1) is 6.92 Å². The molecule has 1 aromatic rings. The van der Waals surface area contributed by atoms with Crippen LogP contribution in [0.25, 0.3) is 0 Å². The van der Waals surface area contributed by atoms with Crippen molar-refractivity contribution in [2.24, 2.45) is 0 Å². The molecule has 0 fully saturated rings. The van der Waals surface area contributed by atoms with Gasteiger partial charge in [0.1, 0.15) is 0 Å². The van der Waals surface area contributed by atoms with E-state index in [0.717, 1.165) is 17.1 Å². The minimum Gasteiger partial charge on any atom is -0.396 e. The molecule has 1 rings (SSSR count). The minimum atomic E-state index is 0.128. The van der Waals surface area contributed by atoms with Crippen molar-refractivity contribution in [3.63, 3.8) is 0 Å². The predicted molar refractivity (Wildman–Crippen MR) is 56.3 cm³/mol. The number of aliphatic hydroxyl groups is 1. The fourth-order valence-corrected chi connectivity index (χ4v) is 2.19. The van der Waals surface area contributed by atoms with E-state index < -0.39 is 0 Å². The summed E-state index contributed by atoms with van der Waals surface area (Å²) in [7, 11) is 0. The summed E-state index contributed by atoms with van der Waals surface area (Å²) >= 11 is 1.72. The quantitative estimate of drug-likeness (QED) is 0.792. The topological polar surface area (TPSA) is 33.1 Å². The van der Waals surface area contributed by atoms with Gasteiger partial charge in [-0.2, -0.15) is 0 Å². The molecule has 1 heterocycles. The number of hydrogen-bond acceptors (Lipinski definition) is 3. The molecule has 0 bridgehead atoms. The molecule has 0 spiro atoms. The summed E-state index contributed by atoms with van der Waals surface area (Å²) in [4.78, 5) is 5.72. The van der Waals surface area contributed by atoms with Gasteiger partial charge in [0.2, 0.25) is 0 Å². The van der Waals surface area contributed by atoms with Crippen molar-refractivity contribution in [2.45, 2.75) is 39.5 Å². The molecule has 0 aliphatic heterocycles. The normalized spacial score (nSPS) is 12.1. The Morgan fingerprint density at radius 2 is 2.00 bits per heavy atom. The van der Waals surface area contributed by atoms with Gasteiger partial charge in [-0.25, -0.2) is 4.98 Å². The van der Waals surface area contributed by atoms with Crippen molar-refractivity contribution in [1.82, 2.24) is 4.98 Å². The average Bonchev–Trinajstić information content (AvgIpc) is 2.32. The van der Waals surface area contributed by atoms with Crippen LogP contribution in [0.5, 0.6) is 0 Å². The molecule has 0 saturated carbocycles. The Labute approximate surface area is 83.6 Å². The van der Waals surface area contributed by atoms with E-state index in [1.807, 2.05) is 6.92 Å². The molecular formula is C10H17NOS. The van der Waals surface area contributed by atoms with Crippen LogP contribution in [0.4, 0.5) is 0 Å². The molecule has 3 heteroatoms. The third-order valence-corrected chi connectivity index (χ3v) is 3.52. The van der Waals surface area contributed by atoms with Gasteiger partial charge in [0.05, 0.1) is 10.7 Å². The number of aromatic nitrogens is 1. The second-order valence-electron chi connectivity index (χ2n) is 4.25. The molecule has 0 saturated heterocycles. The Hall–Kier alpha value is -0.410. The lowest BCUT2D eigenvalue weighted by atomic mass is 9.98. The first-order chi connectivity index (χ1) is 5.95. The van der Waals surface area contributed by atoms with Gasteiger partial charge in [0.15, 0.2) is 0 Å². The minimum absolute atomic E-state index is 0.128. The fraction of sp³-hybridized carbons (Fsp3) is 0.700. The second-order valence-corrected chi connectivity index (χ2v) is 5.33. The highest BCUT2D eigenvalue weighted by Gasteiger charge is 2.19. The Bertz CT molecular complexity index is 286. The number of rotatable bonds is 2. The number of thiazole rings is 1. The lowest BCUT2D eigenvalue weighted by Crippen LogP contribution is -2.10. The van der Waals surface area contributed by atoms with E-state index in [4.69, 9.17) is 5.11 Å². The monoisotopic (exact) mass is 199 g/mol. The lowest BCUT2D eigenvalue weighted by molar-refractivity contribution is 0.300. The van der Waals surface area contributed by atoms with Crippen molar-refractivity contribution >= 4 is 11.3 Å². The summed E-state index contributed by atoms with van der Waals surface area (Å²) in [6.07, 6.45) is 0.736. The van der Waals surface area contributed by atoms with E-state index >= 15 is 0 Å². The van der Waals surface area contributed by atoms with E-state index in [2.05, 4.69) is 25.8 Å². The van der Waals surface area contributed by atoms with Crippen LogP contribution in [0.3, 0.4) is 0 Å². The average molecular weight is 199 g/mol. The molecule has 13 heavy (non-hydrogen) atoms. The van der Waals surface area contributed by atoms with Gasteiger partial charge in [-0.05, 0) is 6.92 Å². The summed E-state index contributed by atoms with van der Waals surface area (Å²) in [5, 5.41) is 10.00. The van der Waals surface area contributed by atoms with Gasteiger partial charge in [0, 0.05) is 23.3 Å². The zero-order valence-electron chi connectivity index (χ0n) is 8.72. The Morgan fingerprint density at radius 1 is 1.38 bits per heavy atom. The van der Waals surface area contributed by atoms with Crippen LogP contribution in [-0.4, -0.2) is 16.7 Å². The van der Waals surface area contributed by atoms with Crippen molar-refractivity contribution in [3.8, 4) is 0 Å². The van der Waals surface area contributed by atoms with Crippen LogP contribution in [0.15, 0.2) is 0 Å². The highest BCUT2D eigenvalue weighted by molar-refractivity contribution is 7.11. The number of aliphatic hydroxyl groups excluding tert-OH is 1. The highest BCUT2D eigenvalue weighted by Crippen LogP contribution is 2.29. The summed E-state index contributed by atoms with van der Waals surface area (Å²) in [5.41, 5.74) is 1.20. The zero-order valence-corrected chi connectivity index (χ0v) is 9.53. The Kier molecular flexibility index (Phi) is 3.09. The maximum Gasteiger partial charge on any atom is 0.0984 e. The van der Waals surface area contributed by atoms with E-state index in [-0.39, 0.29) is 12.0 Å². The number of hydrogen-bond donors (Lipinski definition) is 1. The lowest BCUT2D eigenvalue weighted by Gasteiger charge is -2.13. The molecule has 0 unspecified atom stereocenters. The molecule has 74 valence electrons. The van der Waals surface area contributed by atoms with E-state index in [0.29, 0.717) is 0 Å². The maximum atomic E-state index is 8.84. The summed E-state index contributed by atoms with van der Waals surface area (Å²) in [5.74, 6) is 0. The third kappa shape index (κ3) is 2.51. The van der Waals surface area contributed by atoms with E-state index in [1.165, 1.54) is 4.88 Å². The van der Waals surface area contributed by atoms with Crippen molar-refractivity contribution < 1.29 is 5.11 Å². The molecule has 0 amide bonds. The van der Waals surface area contributed by atoms with Crippen LogP contribution in [-0.2, 0) is 11.8 Å². The Morgan fingerprint density at radius 3 is 2.38 bits per heavy atom. The molecule has 1 N–H and O–H groups in total. The van der Waals surface area contributed by atoms with Gasteiger partial charge >= 0.3 is 0 Å². The molecule has 2 nitrogen and oxygen atoms in total. The number of nitrogens with zero attached hydrogens (tertiary/aromatic N) is 1. The van der Waals surface area contributed by atoms with Gasteiger partial charge in [-0.3, -0.25) is 0 Å². The standard InChI is InChI=1S/C10H17NOS/c1-7-8(5-6-12)13-9(11-7)10(2,3)4/h12H,5-6H2,1-4H3. The SMILES string of the molecule is Cc1nc(C(C)(C)C)sc1CCO. The van der Waals surface area contributed by atoms with Gasteiger partial charge in [0.25, 0.3) is 0 Å². The van der Waals surface area contributed by atoms with E-state index in [9.17, 15) is 0 Å². The molecule has 0 radical (unpaired) electrons. The van der Waals surface area contributed by atoms with Crippen LogP contribution < -0.4 is 0 Å². The third-order valence-electron chi connectivity index (χ3n) is 1.87. The number of aryl methyl sites for hydroxylation is 1. The maximum absolute atomic E-state index is 8.84. The fourth-order valence-electron chi connectivity index (χ4n) is 1.08. The van der Waals surface area contributed by atoms with Crippen molar-refractivity contribution in [2.75, 3.05) is 6.61 Å². The second kappa shape index (κ2) is 3.76. The van der Waals surface area contributed by atoms with Crippen LogP contribution in [0.2, 0.25) is 0 Å². The summed E-state index contributed by atoms with van der Waals surface area (Å²) in [6, 6.07) is 0. The van der Waals surface area contributed by atoms with Gasteiger partial charge in [-0.15, -0.1) is 11.3 Å². The predicted octanol–water partition coefficient (Wildman–Crippen LogP) is 2.28. The molecule has 0 atom stereocenters. The first-order valence-corrected chi connectivity index (χ1v) is 5.34. The van der Waals surface area contributed by atoms with Gasteiger partial charge < -0.3 is 5.11 Å². The van der Waals surface area contributed by atoms with E-state index in [1.54, 1.807) is 11.3 Å². The van der Waals surface area contributed by atoms with Gasteiger partial charge in [-0.1, -0.05) is 20.8 Å². The van der Waals surface area contributed by atoms with Crippen molar-refractivity contribution in [1.29, 1.82) is 0 Å². The molecular weight excluding hydrogens is 182 g/mol. The molecule has 0 aliphatic rings. The van der Waals surface area contributed by atoms with Crippen molar-refractivity contribution in [3.05, 3.63) is 15.6 Å². The largest absolute Gasteiger partial charge is 0.396 e. The summed E-state index contributed by atoms with van der Waals surface area (Å²) in [6.45, 7) is 8.71. The smallest absolute Gasteiger partial charge is 0.0984 e. The van der Waals surface area contributed by atoms with Crippen LogP contribution in [0.1, 0.15) is 36.3 Å². The Balaban J connectivity index is 2.95. The molecule has 0 aliphatic carbocycles.